The molecule has 2 aromatic rings. The van der Waals surface area contributed by atoms with Crippen LogP contribution in [0.1, 0.15) is 28.9 Å². The first-order valence-electron chi connectivity index (χ1n) is 6.37. The molecule has 0 bridgehead atoms. The second kappa shape index (κ2) is 6.30. The van der Waals surface area contributed by atoms with Gasteiger partial charge in [-0.3, -0.25) is 4.79 Å². The molecule has 0 heterocycles. The topological polar surface area (TPSA) is 49.3 Å². The summed E-state index contributed by atoms with van der Waals surface area (Å²) >= 11 is 0. The van der Waals surface area contributed by atoms with Crippen molar-refractivity contribution in [2.24, 2.45) is 0 Å². The lowest BCUT2D eigenvalue weighted by atomic mass is 10.0. The van der Waals surface area contributed by atoms with Crippen LogP contribution in [-0.4, -0.2) is 17.1 Å². The number of carbonyl (C=O) groups is 1. The zero-order valence-corrected chi connectivity index (χ0v) is 11.1. The second-order valence-electron chi connectivity index (χ2n) is 4.63. The number of aliphatic hydroxyl groups is 1. The molecule has 0 aromatic heterocycles. The first-order valence-corrected chi connectivity index (χ1v) is 6.37. The Hall–Kier alpha value is -2.20. The third kappa shape index (κ3) is 3.42. The molecule has 1 amide bonds. The van der Waals surface area contributed by atoms with Crippen LogP contribution in [0.3, 0.4) is 0 Å². The van der Waals surface area contributed by atoms with Gasteiger partial charge in [-0.25, -0.2) is 4.39 Å². The molecular weight excluding hydrogens is 257 g/mol. The molecule has 0 aliphatic heterocycles. The number of nitrogens with one attached hydrogen (secondary N) is 1. The molecule has 0 unspecified atom stereocenters. The van der Waals surface area contributed by atoms with Crippen molar-refractivity contribution in [2.75, 3.05) is 0 Å². The monoisotopic (exact) mass is 273 g/mol. The lowest BCUT2D eigenvalue weighted by molar-refractivity contribution is 0.0851. The average molecular weight is 273 g/mol. The molecule has 0 aliphatic carbocycles. The van der Waals surface area contributed by atoms with Gasteiger partial charge in [0.1, 0.15) is 5.82 Å². The van der Waals surface area contributed by atoms with Crippen molar-refractivity contribution in [2.45, 2.75) is 19.1 Å². The average Bonchev–Trinajstić information content (AvgIpc) is 2.47. The molecular formula is C16H16FNO2. The van der Waals surface area contributed by atoms with Crippen LogP contribution >= 0.6 is 0 Å². The number of benzene rings is 2. The van der Waals surface area contributed by atoms with Crippen molar-refractivity contribution < 1.29 is 14.3 Å². The van der Waals surface area contributed by atoms with Gasteiger partial charge in [-0.05, 0) is 30.7 Å². The van der Waals surface area contributed by atoms with E-state index >= 15 is 0 Å². The number of halogens is 1. The van der Waals surface area contributed by atoms with Crippen LogP contribution < -0.4 is 5.32 Å². The van der Waals surface area contributed by atoms with E-state index in [1.807, 2.05) is 18.2 Å². The van der Waals surface area contributed by atoms with Gasteiger partial charge >= 0.3 is 0 Å². The van der Waals surface area contributed by atoms with Crippen molar-refractivity contribution in [3.8, 4) is 0 Å². The van der Waals surface area contributed by atoms with Gasteiger partial charge in [-0.2, -0.15) is 0 Å². The summed E-state index contributed by atoms with van der Waals surface area (Å²) < 4.78 is 13.1. The third-order valence-corrected chi connectivity index (χ3v) is 3.06. The summed E-state index contributed by atoms with van der Waals surface area (Å²) in [7, 11) is 0. The summed E-state index contributed by atoms with van der Waals surface area (Å²) in [6.45, 7) is 1.70. The summed E-state index contributed by atoms with van der Waals surface area (Å²) in [5.74, 6) is -0.874. The van der Waals surface area contributed by atoms with Gasteiger partial charge in [0.15, 0.2) is 0 Å². The number of aliphatic hydroxyl groups excluding tert-OH is 1. The van der Waals surface area contributed by atoms with E-state index in [1.54, 1.807) is 19.1 Å². The number of hydrogen-bond donors (Lipinski definition) is 2. The van der Waals surface area contributed by atoms with Gasteiger partial charge in [-0.15, -0.1) is 0 Å². The highest BCUT2D eigenvalue weighted by Crippen LogP contribution is 2.16. The molecule has 0 aliphatic rings. The van der Waals surface area contributed by atoms with Gasteiger partial charge in [0, 0.05) is 5.56 Å². The van der Waals surface area contributed by atoms with E-state index < -0.39 is 23.9 Å². The van der Waals surface area contributed by atoms with Crippen LogP contribution in [0.2, 0.25) is 0 Å². The molecule has 104 valence electrons. The highest BCUT2D eigenvalue weighted by Gasteiger charge is 2.18. The van der Waals surface area contributed by atoms with E-state index in [-0.39, 0.29) is 5.56 Å². The van der Waals surface area contributed by atoms with Crippen molar-refractivity contribution >= 4 is 5.91 Å². The lowest BCUT2D eigenvalue weighted by Crippen LogP contribution is -2.37. The Kier molecular flexibility index (Phi) is 4.48. The molecule has 20 heavy (non-hydrogen) atoms. The van der Waals surface area contributed by atoms with Crippen LogP contribution in [0.25, 0.3) is 0 Å². The van der Waals surface area contributed by atoms with E-state index in [0.29, 0.717) is 0 Å². The number of carbonyl (C=O) groups excluding carboxylic acids is 1. The van der Waals surface area contributed by atoms with Crippen LogP contribution in [0.4, 0.5) is 4.39 Å². The highest BCUT2D eigenvalue weighted by molar-refractivity contribution is 5.94. The molecule has 2 atom stereocenters. The fourth-order valence-electron chi connectivity index (χ4n) is 1.94. The predicted octanol–water partition coefficient (Wildman–Crippen LogP) is 2.68. The first-order chi connectivity index (χ1) is 9.58. The molecule has 0 saturated heterocycles. The maximum Gasteiger partial charge on any atom is 0.251 e. The van der Waals surface area contributed by atoms with Crippen molar-refractivity contribution in [1.29, 1.82) is 0 Å². The van der Waals surface area contributed by atoms with Gasteiger partial charge in [0.25, 0.3) is 5.91 Å². The maximum absolute atomic E-state index is 13.1. The molecule has 2 aromatic carbocycles. The Morgan fingerprint density at radius 2 is 1.85 bits per heavy atom. The summed E-state index contributed by atoms with van der Waals surface area (Å²) in [5.41, 5.74) is 0.955. The largest absolute Gasteiger partial charge is 0.386 e. The van der Waals surface area contributed by atoms with E-state index in [4.69, 9.17) is 0 Å². The Bertz CT molecular complexity index is 586. The third-order valence-electron chi connectivity index (χ3n) is 3.06. The zero-order valence-electron chi connectivity index (χ0n) is 11.1. The van der Waals surface area contributed by atoms with Gasteiger partial charge < -0.3 is 10.4 Å². The van der Waals surface area contributed by atoms with E-state index in [9.17, 15) is 14.3 Å². The van der Waals surface area contributed by atoms with E-state index in [1.165, 1.54) is 18.2 Å². The summed E-state index contributed by atoms with van der Waals surface area (Å²) in [6, 6.07) is 14.0. The predicted molar refractivity (Wildman–Crippen MR) is 74.7 cm³/mol. The van der Waals surface area contributed by atoms with Crippen molar-refractivity contribution in [3.63, 3.8) is 0 Å². The van der Waals surface area contributed by atoms with Crippen molar-refractivity contribution in [3.05, 3.63) is 71.5 Å². The Labute approximate surface area is 117 Å². The van der Waals surface area contributed by atoms with Crippen LogP contribution in [0.5, 0.6) is 0 Å². The minimum absolute atomic E-state index is 0.233. The quantitative estimate of drug-likeness (QED) is 0.899. The Morgan fingerprint density at radius 1 is 1.15 bits per heavy atom. The van der Waals surface area contributed by atoms with E-state index in [0.717, 1.165) is 11.6 Å². The molecule has 2 N–H and O–H groups in total. The van der Waals surface area contributed by atoms with Gasteiger partial charge in [-0.1, -0.05) is 36.4 Å². The molecule has 2 rings (SSSR count). The lowest BCUT2D eigenvalue weighted by Gasteiger charge is -2.20. The minimum Gasteiger partial charge on any atom is -0.386 e. The fraction of sp³-hybridized carbons (Fsp3) is 0.188. The normalized spacial score (nSPS) is 13.6. The molecule has 0 radical (unpaired) electrons. The first kappa shape index (κ1) is 14.2. The standard InChI is InChI=1S/C16H16FNO2/c1-11(15(19)12-6-3-2-4-7-12)18-16(20)13-8-5-9-14(17)10-13/h2-11,15,19H,1H3,(H,18,20)/t11-,15-/m1/s1. The summed E-state index contributed by atoms with van der Waals surface area (Å²) in [4.78, 5) is 12.0. The van der Waals surface area contributed by atoms with Crippen LogP contribution in [0.15, 0.2) is 54.6 Å². The zero-order chi connectivity index (χ0) is 14.5. The van der Waals surface area contributed by atoms with Gasteiger partial charge in [0.05, 0.1) is 12.1 Å². The number of amides is 1. The fourth-order valence-corrected chi connectivity index (χ4v) is 1.94. The number of rotatable bonds is 4. The molecule has 0 saturated carbocycles. The Balaban J connectivity index is 2.04. The van der Waals surface area contributed by atoms with Gasteiger partial charge in [0.2, 0.25) is 0 Å². The van der Waals surface area contributed by atoms with Crippen molar-refractivity contribution in [1.82, 2.24) is 5.32 Å². The maximum atomic E-state index is 13.1. The smallest absolute Gasteiger partial charge is 0.251 e. The Morgan fingerprint density at radius 3 is 2.50 bits per heavy atom. The summed E-state index contributed by atoms with van der Waals surface area (Å²) in [5, 5.41) is 12.8. The molecule has 0 spiro atoms. The SMILES string of the molecule is C[C@@H](NC(=O)c1cccc(F)c1)[C@@H](O)c1ccccc1. The second-order valence-corrected chi connectivity index (χ2v) is 4.63. The summed E-state index contributed by atoms with van der Waals surface area (Å²) in [6.07, 6.45) is -0.811. The minimum atomic E-state index is -0.811. The molecule has 0 fully saturated rings. The molecule has 4 heteroatoms. The highest BCUT2D eigenvalue weighted by atomic mass is 19.1. The van der Waals surface area contributed by atoms with Crippen LogP contribution in [-0.2, 0) is 0 Å². The molecule has 3 nitrogen and oxygen atoms in total. The van der Waals surface area contributed by atoms with E-state index in [2.05, 4.69) is 5.32 Å². The number of hydrogen-bond acceptors (Lipinski definition) is 2. The van der Waals surface area contributed by atoms with Crippen LogP contribution in [0, 0.1) is 5.82 Å².